The largest absolute Gasteiger partial charge is 0.341 e. The molecule has 0 spiro atoms. The first-order valence-electron chi connectivity index (χ1n) is 9.87. The van der Waals surface area contributed by atoms with E-state index in [0.717, 1.165) is 56.0 Å². The summed E-state index contributed by atoms with van der Waals surface area (Å²) in [6.07, 6.45) is 5.66. The van der Waals surface area contributed by atoms with Gasteiger partial charge in [0.25, 0.3) is 0 Å². The number of nitrogens with zero attached hydrogens (tertiary/aromatic N) is 2. The van der Waals surface area contributed by atoms with Crippen molar-refractivity contribution in [3.8, 4) is 0 Å². The summed E-state index contributed by atoms with van der Waals surface area (Å²) in [5.74, 6) is -0.0150. The first-order chi connectivity index (χ1) is 13.1. The molecule has 6 heteroatoms. The highest BCUT2D eigenvalue weighted by Crippen LogP contribution is 2.29. The Hall–Kier alpha value is -1.92. The standard InChI is InChI=1S/C21H26N2O3S/c24-21(22-13-5-1-2-6-14-22)20-10-7-15-23(20)27(25,26)19-12-11-17-8-3-4-9-18(17)16-19/h3-4,8-9,11-12,16,20H,1-2,5-7,10,13-15H2/t20-/m0/s1. The summed E-state index contributed by atoms with van der Waals surface area (Å²) in [7, 11) is -3.69. The molecule has 2 heterocycles. The van der Waals surface area contributed by atoms with Crippen LogP contribution in [0.3, 0.4) is 0 Å². The molecule has 4 rings (SSSR count). The maximum atomic E-state index is 13.3. The van der Waals surface area contributed by atoms with Crippen molar-refractivity contribution >= 4 is 26.7 Å². The van der Waals surface area contributed by atoms with E-state index in [4.69, 9.17) is 0 Å². The van der Waals surface area contributed by atoms with Gasteiger partial charge in [-0.05, 0) is 48.6 Å². The SMILES string of the molecule is O=C([C@@H]1CCCN1S(=O)(=O)c1ccc2ccccc2c1)N1CCCCCC1. The molecule has 0 N–H and O–H groups in total. The smallest absolute Gasteiger partial charge is 0.243 e. The molecule has 1 atom stereocenters. The van der Waals surface area contributed by atoms with Gasteiger partial charge >= 0.3 is 0 Å². The second-order valence-corrected chi connectivity index (χ2v) is 9.41. The third-order valence-electron chi connectivity index (χ3n) is 5.73. The predicted molar refractivity (Wildman–Crippen MR) is 106 cm³/mol. The van der Waals surface area contributed by atoms with Crippen LogP contribution < -0.4 is 0 Å². The van der Waals surface area contributed by atoms with Crippen molar-refractivity contribution in [2.75, 3.05) is 19.6 Å². The second kappa shape index (κ2) is 7.60. The van der Waals surface area contributed by atoms with Crippen LogP contribution in [0.25, 0.3) is 10.8 Å². The minimum absolute atomic E-state index is 0.0150. The topological polar surface area (TPSA) is 57.7 Å². The third kappa shape index (κ3) is 3.60. The number of amides is 1. The van der Waals surface area contributed by atoms with E-state index in [9.17, 15) is 13.2 Å². The number of rotatable bonds is 3. The Labute approximate surface area is 161 Å². The summed E-state index contributed by atoms with van der Waals surface area (Å²) in [6.45, 7) is 1.91. The summed E-state index contributed by atoms with van der Waals surface area (Å²) in [4.78, 5) is 15.2. The highest BCUT2D eigenvalue weighted by atomic mass is 32.2. The van der Waals surface area contributed by atoms with E-state index in [-0.39, 0.29) is 10.8 Å². The summed E-state index contributed by atoms with van der Waals surface area (Å²) >= 11 is 0. The van der Waals surface area contributed by atoms with Gasteiger partial charge in [-0.15, -0.1) is 0 Å². The van der Waals surface area contributed by atoms with E-state index in [1.54, 1.807) is 12.1 Å². The van der Waals surface area contributed by atoms with Crippen LogP contribution in [0.4, 0.5) is 0 Å². The quantitative estimate of drug-likeness (QED) is 0.812. The summed E-state index contributed by atoms with van der Waals surface area (Å²) in [5, 5.41) is 1.91. The molecule has 0 aromatic heterocycles. The van der Waals surface area contributed by atoms with Gasteiger partial charge in [0.15, 0.2) is 0 Å². The van der Waals surface area contributed by atoms with Gasteiger partial charge in [-0.2, -0.15) is 4.31 Å². The van der Waals surface area contributed by atoms with Crippen molar-refractivity contribution in [3.63, 3.8) is 0 Å². The molecule has 2 aliphatic rings. The number of likely N-dealkylation sites (tertiary alicyclic amines) is 1. The fraction of sp³-hybridized carbons (Fsp3) is 0.476. The molecule has 5 nitrogen and oxygen atoms in total. The fourth-order valence-corrected chi connectivity index (χ4v) is 5.93. The molecule has 0 saturated carbocycles. The monoisotopic (exact) mass is 386 g/mol. The Balaban J connectivity index is 1.62. The van der Waals surface area contributed by atoms with E-state index < -0.39 is 16.1 Å². The van der Waals surface area contributed by atoms with Crippen molar-refractivity contribution in [2.24, 2.45) is 0 Å². The Kier molecular flexibility index (Phi) is 5.19. The van der Waals surface area contributed by atoms with Gasteiger partial charge in [-0.25, -0.2) is 8.42 Å². The molecule has 27 heavy (non-hydrogen) atoms. The molecule has 2 saturated heterocycles. The first kappa shape index (κ1) is 18.4. The summed E-state index contributed by atoms with van der Waals surface area (Å²) < 4.78 is 28.0. The Morgan fingerprint density at radius 3 is 2.30 bits per heavy atom. The van der Waals surface area contributed by atoms with Crippen molar-refractivity contribution in [3.05, 3.63) is 42.5 Å². The Morgan fingerprint density at radius 1 is 0.852 bits per heavy atom. The highest BCUT2D eigenvalue weighted by Gasteiger charge is 2.41. The van der Waals surface area contributed by atoms with Crippen LogP contribution in [-0.4, -0.2) is 49.2 Å². The Morgan fingerprint density at radius 2 is 1.56 bits per heavy atom. The van der Waals surface area contributed by atoms with Crippen LogP contribution in [0, 0.1) is 0 Å². The number of benzene rings is 2. The average Bonchev–Trinajstić information content (AvgIpc) is 3.03. The van der Waals surface area contributed by atoms with Gasteiger partial charge < -0.3 is 4.90 Å². The molecule has 0 unspecified atom stereocenters. The predicted octanol–water partition coefficient (Wildman–Crippen LogP) is 3.40. The molecular formula is C21H26N2O3S. The van der Waals surface area contributed by atoms with Crippen LogP contribution >= 0.6 is 0 Å². The van der Waals surface area contributed by atoms with Crippen molar-refractivity contribution in [1.29, 1.82) is 0 Å². The summed E-state index contributed by atoms with van der Waals surface area (Å²) in [5.41, 5.74) is 0. The maximum Gasteiger partial charge on any atom is 0.243 e. The van der Waals surface area contributed by atoms with Crippen LogP contribution in [0.1, 0.15) is 38.5 Å². The van der Waals surface area contributed by atoms with E-state index >= 15 is 0 Å². The molecule has 0 aliphatic carbocycles. The van der Waals surface area contributed by atoms with E-state index in [1.165, 1.54) is 4.31 Å². The van der Waals surface area contributed by atoms with Crippen LogP contribution in [0.15, 0.2) is 47.4 Å². The number of carbonyl (C=O) groups is 1. The number of fused-ring (bicyclic) bond motifs is 1. The molecule has 0 bridgehead atoms. The Bertz CT molecular complexity index is 933. The molecular weight excluding hydrogens is 360 g/mol. The number of carbonyl (C=O) groups excluding carboxylic acids is 1. The number of sulfonamides is 1. The van der Waals surface area contributed by atoms with Gasteiger partial charge in [-0.1, -0.05) is 43.2 Å². The normalized spacial score (nSPS) is 22.1. The molecule has 0 radical (unpaired) electrons. The number of hydrogen-bond donors (Lipinski definition) is 0. The number of hydrogen-bond acceptors (Lipinski definition) is 3. The minimum Gasteiger partial charge on any atom is -0.341 e. The van der Waals surface area contributed by atoms with Crippen LogP contribution in [0.2, 0.25) is 0 Å². The summed E-state index contributed by atoms with van der Waals surface area (Å²) in [6, 6.07) is 12.4. The van der Waals surface area contributed by atoms with Crippen molar-refractivity contribution in [2.45, 2.75) is 49.5 Å². The average molecular weight is 387 g/mol. The van der Waals surface area contributed by atoms with Gasteiger partial charge in [0.1, 0.15) is 6.04 Å². The molecule has 2 fully saturated rings. The fourth-order valence-electron chi connectivity index (χ4n) is 4.24. The zero-order valence-corrected chi connectivity index (χ0v) is 16.3. The minimum atomic E-state index is -3.69. The van der Waals surface area contributed by atoms with Crippen LogP contribution in [0.5, 0.6) is 0 Å². The van der Waals surface area contributed by atoms with E-state index in [0.29, 0.717) is 13.0 Å². The van der Waals surface area contributed by atoms with Gasteiger partial charge in [0.05, 0.1) is 4.90 Å². The lowest BCUT2D eigenvalue weighted by Crippen LogP contribution is -2.48. The van der Waals surface area contributed by atoms with E-state index in [2.05, 4.69) is 0 Å². The molecule has 2 aromatic rings. The second-order valence-electron chi connectivity index (χ2n) is 7.52. The van der Waals surface area contributed by atoms with Crippen molar-refractivity contribution < 1.29 is 13.2 Å². The van der Waals surface area contributed by atoms with Gasteiger partial charge in [0.2, 0.25) is 15.9 Å². The van der Waals surface area contributed by atoms with Crippen molar-refractivity contribution in [1.82, 2.24) is 9.21 Å². The molecule has 2 aliphatic heterocycles. The highest BCUT2D eigenvalue weighted by molar-refractivity contribution is 7.89. The first-order valence-corrected chi connectivity index (χ1v) is 11.3. The molecule has 144 valence electrons. The lowest BCUT2D eigenvalue weighted by Gasteiger charge is -2.29. The lowest BCUT2D eigenvalue weighted by atomic mass is 10.1. The maximum absolute atomic E-state index is 13.3. The zero-order chi connectivity index (χ0) is 18.9. The molecule has 2 aromatic carbocycles. The van der Waals surface area contributed by atoms with Crippen LogP contribution in [-0.2, 0) is 14.8 Å². The zero-order valence-electron chi connectivity index (χ0n) is 15.5. The van der Waals surface area contributed by atoms with E-state index in [1.807, 2.05) is 35.2 Å². The van der Waals surface area contributed by atoms with Gasteiger partial charge in [0, 0.05) is 19.6 Å². The molecule has 1 amide bonds. The lowest BCUT2D eigenvalue weighted by molar-refractivity contribution is -0.134. The third-order valence-corrected chi connectivity index (χ3v) is 7.64. The van der Waals surface area contributed by atoms with Gasteiger partial charge in [-0.3, -0.25) is 4.79 Å².